The van der Waals surface area contributed by atoms with E-state index in [4.69, 9.17) is 0 Å². The minimum atomic E-state index is -1.82. The lowest BCUT2D eigenvalue weighted by molar-refractivity contribution is -0.753. The molecule has 2 saturated carbocycles. The van der Waals surface area contributed by atoms with Gasteiger partial charge in [0.15, 0.2) is 0 Å². The summed E-state index contributed by atoms with van der Waals surface area (Å²) in [5.41, 5.74) is 0. The topological polar surface area (TPSA) is 103 Å². The Bertz CT molecular complexity index is 356. The van der Waals surface area contributed by atoms with Crippen molar-refractivity contribution >= 4 is 5.78 Å². The van der Waals surface area contributed by atoms with Crippen LogP contribution in [-0.4, -0.2) is 21.8 Å². The zero-order chi connectivity index (χ0) is 12.6. The molecule has 0 heterocycles. The monoisotopic (exact) mass is 242 g/mol. The summed E-state index contributed by atoms with van der Waals surface area (Å²) < 4.78 is 0. The van der Waals surface area contributed by atoms with Crippen molar-refractivity contribution in [1.29, 1.82) is 0 Å². The smallest absolute Gasteiger partial charge is 0.299 e. The Morgan fingerprint density at radius 3 is 2.41 bits per heavy atom. The lowest BCUT2D eigenvalue weighted by atomic mass is 9.65. The van der Waals surface area contributed by atoms with Gasteiger partial charge in [0.05, 0.1) is 9.85 Å². The number of ketones is 1. The summed E-state index contributed by atoms with van der Waals surface area (Å²) in [6.07, 6.45) is 1.24. The first-order valence-corrected chi connectivity index (χ1v) is 5.80. The quantitative estimate of drug-likeness (QED) is 0.421. The molecule has 0 aliphatic heterocycles. The third-order valence-electron chi connectivity index (χ3n) is 4.03. The first-order chi connectivity index (χ1) is 8.00. The molecule has 2 aliphatic carbocycles. The van der Waals surface area contributed by atoms with Crippen molar-refractivity contribution in [2.24, 2.45) is 17.8 Å². The van der Waals surface area contributed by atoms with Gasteiger partial charge in [0, 0.05) is 12.3 Å². The SMILES string of the molecule is O=C1CC(C([N+](=O)[O-])[N+](=O)[O-])C2CCCC1C2. The fourth-order valence-electron chi connectivity index (χ4n) is 3.21. The normalized spacial score (nSPS) is 32.5. The van der Waals surface area contributed by atoms with Crippen molar-refractivity contribution in [3.05, 3.63) is 20.2 Å². The molecule has 0 aromatic heterocycles. The molecule has 17 heavy (non-hydrogen) atoms. The van der Waals surface area contributed by atoms with Gasteiger partial charge >= 0.3 is 6.17 Å². The number of carbonyl (C=O) groups is 1. The van der Waals surface area contributed by atoms with Crippen LogP contribution in [0.3, 0.4) is 0 Å². The highest BCUT2D eigenvalue weighted by Gasteiger charge is 2.52. The summed E-state index contributed by atoms with van der Waals surface area (Å²) in [6, 6.07) is 0. The number of nitro groups is 2. The molecule has 0 aromatic carbocycles. The third-order valence-corrected chi connectivity index (χ3v) is 4.03. The van der Waals surface area contributed by atoms with E-state index in [-0.39, 0.29) is 24.0 Å². The van der Waals surface area contributed by atoms with Gasteiger partial charge < -0.3 is 0 Å². The van der Waals surface area contributed by atoms with Gasteiger partial charge in [-0.2, -0.15) is 0 Å². The van der Waals surface area contributed by atoms with Crippen molar-refractivity contribution in [2.75, 3.05) is 0 Å². The number of Topliss-reactive ketones (excluding diaryl/α,β-unsaturated/α-hetero) is 1. The predicted octanol–water partition coefficient (Wildman–Crippen LogP) is 1.26. The average Bonchev–Trinajstić information content (AvgIpc) is 2.25. The van der Waals surface area contributed by atoms with E-state index in [0.717, 1.165) is 19.3 Å². The van der Waals surface area contributed by atoms with Crippen LogP contribution < -0.4 is 0 Å². The van der Waals surface area contributed by atoms with Crippen molar-refractivity contribution in [2.45, 2.75) is 38.3 Å². The molecule has 94 valence electrons. The number of hydrogen-bond donors (Lipinski definition) is 0. The van der Waals surface area contributed by atoms with E-state index in [0.29, 0.717) is 6.42 Å². The van der Waals surface area contributed by atoms with Crippen LogP contribution in [0.2, 0.25) is 0 Å². The molecule has 3 unspecified atom stereocenters. The van der Waals surface area contributed by atoms with Crippen molar-refractivity contribution in [1.82, 2.24) is 0 Å². The highest BCUT2D eigenvalue weighted by Crippen LogP contribution is 2.43. The van der Waals surface area contributed by atoms with E-state index in [1.165, 1.54) is 0 Å². The van der Waals surface area contributed by atoms with Gasteiger partial charge in [0.1, 0.15) is 11.7 Å². The fourth-order valence-corrected chi connectivity index (χ4v) is 3.21. The van der Waals surface area contributed by atoms with E-state index < -0.39 is 21.9 Å². The average molecular weight is 242 g/mol. The second kappa shape index (κ2) is 4.38. The second-order valence-corrected chi connectivity index (χ2v) is 4.94. The molecule has 2 bridgehead atoms. The van der Waals surface area contributed by atoms with Gasteiger partial charge in [0.25, 0.3) is 0 Å². The molecule has 0 saturated heterocycles. The van der Waals surface area contributed by atoms with Crippen LogP contribution in [0.5, 0.6) is 0 Å². The van der Waals surface area contributed by atoms with Crippen molar-refractivity contribution in [3.8, 4) is 0 Å². The fraction of sp³-hybridized carbons (Fsp3) is 0.900. The Kier molecular flexibility index (Phi) is 3.08. The van der Waals surface area contributed by atoms with E-state index in [1.54, 1.807) is 0 Å². The van der Waals surface area contributed by atoms with Crippen LogP contribution in [0.15, 0.2) is 0 Å². The Morgan fingerprint density at radius 2 is 1.82 bits per heavy atom. The Balaban J connectivity index is 2.21. The van der Waals surface area contributed by atoms with Crippen molar-refractivity contribution in [3.63, 3.8) is 0 Å². The van der Waals surface area contributed by atoms with Gasteiger partial charge in [-0.25, -0.2) is 0 Å². The van der Waals surface area contributed by atoms with Crippen LogP contribution in [-0.2, 0) is 4.79 Å². The molecule has 7 heteroatoms. The first kappa shape index (κ1) is 11.9. The maximum Gasteiger partial charge on any atom is 0.454 e. The molecule has 0 amide bonds. The summed E-state index contributed by atoms with van der Waals surface area (Å²) in [5, 5.41) is 21.5. The maximum absolute atomic E-state index is 11.7. The third kappa shape index (κ3) is 2.13. The standard InChI is InChI=1S/C10H14N2O5/c13-9-5-8(10(11(14)15)12(16)17)6-2-1-3-7(9)4-6/h6-8,10H,1-5H2. The lowest BCUT2D eigenvalue weighted by Gasteiger charge is -2.37. The summed E-state index contributed by atoms with van der Waals surface area (Å²) in [6.45, 7) is 0. The van der Waals surface area contributed by atoms with E-state index >= 15 is 0 Å². The molecule has 0 N–H and O–H groups in total. The number of nitrogens with zero attached hydrogens (tertiary/aromatic N) is 2. The molecule has 0 spiro atoms. The molecule has 2 aliphatic rings. The number of fused-ring (bicyclic) bond motifs is 2. The highest BCUT2D eigenvalue weighted by atomic mass is 16.7. The Morgan fingerprint density at radius 1 is 1.18 bits per heavy atom. The van der Waals surface area contributed by atoms with Gasteiger partial charge in [-0.15, -0.1) is 0 Å². The van der Waals surface area contributed by atoms with Crippen molar-refractivity contribution < 1.29 is 14.6 Å². The molecular weight excluding hydrogens is 228 g/mol. The number of carbonyl (C=O) groups excluding carboxylic acids is 1. The molecule has 2 rings (SSSR count). The van der Waals surface area contributed by atoms with E-state index in [2.05, 4.69) is 0 Å². The molecule has 2 fully saturated rings. The largest absolute Gasteiger partial charge is 0.454 e. The zero-order valence-corrected chi connectivity index (χ0v) is 9.28. The maximum atomic E-state index is 11.7. The predicted molar refractivity (Wildman–Crippen MR) is 56.3 cm³/mol. The zero-order valence-electron chi connectivity index (χ0n) is 9.28. The Labute approximate surface area is 97.5 Å². The highest BCUT2D eigenvalue weighted by molar-refractivity contribution is 5.82. The van der Waals surface area contributed by atoms with E-state index in [1.807, 2.05) is 0 Å². The molecule has 7 nitrogen and oxygen atoms in total. The van der Waals surface area contributed by atoms with Gasteiger partial charge in [0.2, 0.25) is 0 Å². The summed E-state index contributed by atoms with van der Waals surface area (Å²) in [5.74, 6) is -0.792. The number of hydrogen-bond acceptors (Lipinski definition) is 5. The van der Waals surface area contributed by atoms with Gasteiger partial charge in [-0.1, -0.05) is 6.42 Å². The van der Waals surface area contributed by atoms with Crippen LogP contribution in [0.25, 0.3) is 0 Å². The number of rotatable bonds is 3. The summed E-state index contributed by atoms with van der Waals surface area (Å²) >= 11 is 0. The summed E-state index contributed by atoms with van der Waals surface area (Å²) in [7, 11) is 0. The Hall–Kier alpha value is -1.53. The molecule has 3 atom stereocenters. The van der Waals surface area contributed by atoms with Gasteiger partial charge in [-0.05, 0) is 25.2 Å². The minimum absolute atomic E-state index is 0.00194. The molecule has 0 radical (unpaired) electrons. The molecular formula is C10H14N2O5. The molecule has 0 aromatic rings. The van der Waals surface area contributed by atoms with E-state index in [9.17, 15) is 25.0 Å². The second-order valence-electron chi connectivity index (χ2n) is 4.94. The van der Waals surface area contributed by atoms with Crippen LogP contribution in [0, 0.1) is 38.0 Å². The minimum Gasteiger partial charge on any atom is -0.299 e. The van der Waals surface area contributed by atoms with Crippen LogP contribution >= 0.6 is 0 Å². The lowest BCUT2D eigenvalue weighted by Crippen LogP contribution is -2.46. The van der Waals surface area contributed by atoms with Crippen LogP contribution in [0.4, 0.5) is 0 Å². The first-order valence-electron chi connectivity index (χ1n) is 5.80. The van der Waals surface area contributed by atoms with Gasteiger partial charge in [-0.3, -0.25) is 25.0 Å². The summed E-state index contributed by atoms with van der Waals surface area (Å²) in [4.78, 5) is 31.5. The van der Waals surface area contributed by atoms with Crippen LogP contribution in [0.1, 0.15) is 32.1 Å².